The molecule has 1 heteroatoms. The van der Waals surface area contributed by atoms with E-state index >= 15 is 0 Å². The average molecular weight is 391 g/mol. The maximum atomic E-state index is 9.04. The Kier molecular flexibility index (Phi) is 5.21. The van der Waals surface area contributed by atoms with E-state index in [-0.39, 0.29) is 6.61 Å². The standard InChI is InChI=1S/C18H16.C11H10O/c1-3-7-15-13(5-1)9-11-18-16-8-4-2-6-14(16)10-12-17(15)18;12-8-10-6-3-5-9-4-1-2-7-11(9)10/h1,3,5,7,9-12H,2,4,6,8H2;1-7,12H,8H2. The lowest BCUT2D eigenvalue weighted by Crippen LogP contribution is -2.02. The number of rotatable bonds is 1. The van der Waals surface area contributed by atoms with Gasteiger partial charge in [0.25, 0.3) is 0 Å². The zero-order chi connectivity index (χ0) is 20.3. The fourth-order valence-corrected chi connectivity index (χ4v) is 4.77. The van der Waals surface area contributed by atoms with Crippen LogP contribution in [0.2, 0.25) is 0 Å². The van der Waals surface area contributed by atoms with E-state index in [0.29, 0.717) is 0 Å². The molecule has 0 radical (unpaired) electrons. The Labute approximate surface area is 177 Å². The summed E-state index contributed by atoms with van der Waals surface area (Å²) in [6.45, 7) is 0.112. The number of benzene rings is 5. The number of aliphatic hydroxyl groups excluding tert-OH is 1. The molecular formula is C29H26O. The summed E-state index contributed by atoms with van der Waals surface area (Å²) >= 11 is 0. The van der Waals surface area contributed by atoms with E-state index in [2.05, 4.69) is 60.7 Å². The Morgan fingerprint density at radius 1 is 0.533 bits per heavy atom. The molecule has 0 aliphatic heterocycles. The van der Waals surface area contributed by atoms with Gasteiger partial charge in [0.2, 0.25) is 0 Å². The van der Waals surface area contributed by atoms with Crippen LogP contribution in [0.25, 0.3) is 32.3 Å². The van der Waals surface area contributed by atoms with E-state index < -0.39 is 0 Å². The SMILES string of the molecule is OCc1cccc2ccccc12.c1ccc2c(c1)ccc1c3c(ccc12)CCCC3. The summed E-state index contributed by atoms with van der Waals surface area (Å²) in [5, 5.41) is 17.0. The number of hydrogen-bond acceptors (Lipinski definition) is 1. The van der Waals surface area contributed by atoms with Gasteiger partial charge in [-0.2, -0.15) is 0 Å². The third kappa shape index (κ3) is 3.46. The van der Waals surface area contributed by atoms with E-state index in [0.717, 1.165) is 10.9 Å². The van der Waals surface area contributed by atoms with Crippen LogP contribution >= 0.6 is 0 Å². The first-order valence-corrected chi connectivity index (χ1v) is 10.8. The molecule has 0 amide bonds. The summed E-state index contributed by atoms with van der Waals surface area (Å²) in [4.78, 5) is 0. The number of hydrogen-bond donors (Lipinski definition) is 1. The lowest BCUT2D eigenvalue weighted by Gasteiger charge is -2.18. The Morgan fingerprint density at radius 3 is 2.03 bits per heavy atom. The molecule has 1 N–H and O–H groups in total. The number of aryl methyl sites for hydroxylation is 2. The van der Waals surface area contributed by atoms with Crippen molar-refractivity contribution in [1.29, 1.82) is 0 Å². The lowest BCUT2D eigenvalue weighted by atomic mass is 9.86. The lowest BCUT2D eigenvalue weighted by molar-refractivity contribution is 0.283. The van der Waals surface area contributed by atoms with Crippen molar-refractivity contribution in [2.45, 2.75) is 32.3 Å². The second-order valence-electron chi connectivity index (χ2n) is 8.09. The fourth-order valence-electron chi connectivity index (χ4n) is 4.77. The smallest absolute Gasteiger partial charge is 0.0687 e. The van der Waals surface area contributed by atoms with Crippen molar-refractivity contribution >= 4 is 32.3 Å². The van der Waals surface area contributed by atoms with Gasteiger partial charge in [0.05, 0.1) is 6.61 Å². The maximum Gasteiger partial charge on any atom is 0.0687 e. The summed E-state index contributed by atoms with van der Waals surface area (Å²) < 4.78 is 0. The Hall–Kier alpha value is -3.16. The van der Waals surface area contributed by atoms with E-state index in [1.165, 1.54) is 52.6 Å². The van der Waals surface area contributed by atoms with Gasteiger partial charge in [0, 0.05) is 0 Å². The second kappa shape index (κ2) is 8.30. The van der Waals surface area contributed by atoms with Gasteiger partial charge in [0.1, 0.15) is 0 Å². The van der Waals surface area contributed by atoms with Gasteiger partial charge in [-0.3, -0.25) is 0 Å². The van der Waals surface area contributed by atoms with Gasteiger partial charge < -0.3 is 5.11 Å². The molecule has 1 aliphatic rings. The van der Waals surface area contributed by atoms with Crippen LogP contribution in [-0.2, 0) is 19.4 Å². The topological polar surface area (TPSA) is 20.2 Å². The summed E-state index contributed by atoms with van der Waals surface area (Å²) in [7, 11) is 0. The first kappa shape index (κ1) is 18.8. The molecule has 0 atom stereocenters. The number of fused-ring (bicyclic) bond motifs is 6. The Balaban J connectivity index is 0.000000140. The van der Waals surface area contributed by atoms with Crippen molar-refractivity contribution in [3.63, 3.8) is 0 Å². The summed E-state index contributed by atoms with van der Waals surface area (Å²) in [6, 6.07) is 32.0. The van der Waals surface area contributed by atoms with Crippen molar-refractivity contribution < 1.29 is 5.11 Å². The molecule has 6 rings (SSSR count). The van der Waals surface area contributed by atoms with Crippen LogP contribution in [0.4, 0.5) is 0 Å². The van der Waals surface area contributed by atoms with Crippen molar-refractivity contribution in [2.24, 2.45) is 0 Å². The third-order valence-electron chi connectivity index (χ3n) is 6.31. The predicted molar refractivity (Wildman–Crippen MR) is 128 cm³/mol. The van der Waals surface area contributed by atoms with Crippen molar-refractivity contribution in [1.82, 2.24) is 0 Å². The van der Waals surface area contributed by atoms with Gasteiger partial charge in [-0.05, 0) is 74.7 Å². The van der Waals surface area contributed by atoms with Crippen LogP contribution in [0.15, 0.2) is 91.0 Å². The third-order valence-corrected chi connectivity index (χ3v) is 6.31. The molecule has 5 aromatic rings. The minimum Gasteiger partial charge on any atom is -0.392 e. The normalized spacial score (nSPS) is 13.1. The summed E-state index contributed by atoms with van der Waals surface area (Å²) in [5.74, 6) is 0. The molecule has 30 heavy (non-hydrogen) atoms. The molecule has 0 heterocycles. The molecule has 0 saturated heterocycles. The van der Waals surface area contributed by atoms with E-state index in [1.54, 1.807) is 11.1 Å². The minimum atomic E-state index is 0.112. The van der Waals surface area contributed by atoms with E-state index in [1.807, 2.05) is 30.3 Å². The van der Waals surface area contributed by atoms with Gasteiger partial charge >= 0.3 is 0 Å². The monoisotopic (exact) mass is 390 g/mol. The van der Waals surface area contributed by atoms with Crippen molar-refractivity contribution in [3.05, 3.63) is 108 Å². The van der Waals surface area contributed by atoms with Crippen LogP contribution in [0.5, 0.6) is 0 Å². The van der Waals surface area contributed by atoms with E-state index in [9.17, 15) is 0 Å². The highest BCUT2D eigenvalue weighted by molar-refractivity contribution is 6.08. The quantitative estimate of drug-likeness (QED) is 0.300. The van der Waals surface area contributed by atoms with Crippen molar-refractivity contribution in [2.75, 3.05) is 0 Å². The van der Waals surface area contributed by atoms with Crippen molar-refractivity contribution in [3.8, 4) is 0 Å². The van der Waals surface area contributed by atoms with Crippen LogP contribution < -0.4 is 0 Å². The summed E-state index contributed by atoms with van der Waals surface area (Å²) in [5.41, 5.74) is 4.17. The fraction of sp³-hybridized carbons (Fsp3) is 0.172. The Morgan fingerprint density at radius 2 is 1.20 bits per heavy atom. The highest BCUT2D eigenvalue weighted by Crippen LogP contribution is 2.33. The minimum absolute atomic E-state index is 0.112. The molecule has 0 spiro atoms. The van der Waals surface area contributed by atoms with Crippen LogP contribution in [-0.4, -0.2) is 5.11 Å². The predicted octanol–water partition coefficient (Wildman–Crippen LogP) is 7.20. The molecule has 1 nitrogen and oxygen atoms in total. The van der Waals surface area contributed by atoms with Gasteiger partial charge in [-0.1, -0.05) is 91.0 Å². The highest BCUT2D eigenvalue weighted by Gasteiger charge is 2.13. The zero-order valence-electron chi connectivity index (χ0n) is 17.1. The first-order chi connectivity index (χ1) is 14.8. The molecule has 1 aliphatic carbocycles. The van der Waals surface area contributed by atoms with Crippen LogP contribution in [0.1, 0.15) is 29.5 Å². The van der Waals surface area contributed by atoms with Gasteiger partial charge in [-0.25, -0.2) is 0 Å². The molecule has 0 unspecified atom stereocenters. The van der Waals surface area contributed by atoms with Crippen LogP contribution in [0.3, 0.4) is 0 Å². The van der Waals surface area contributed by atoms with Crippen LogP contribution in [0, 0.1) is 0 Å². The second-order valence-corrected chi connectivity index (χ2v) is 8.09. The van der Waals surface area contributed by atoms with E-state index in [4.69, 9.17) is 5.11 Å². The molecule has 0 bridgehead atoms. The van der Waals surface area contributed by atoms with Gasteiger partial charge in [-0.15, -0.1) is 0 Å². The molecule has 5 aromatic carbocycles. The Bertz CT molecular complexity index is 1330. The molecule has 148 valence electrons. The molecular weight excluding hydrogens is 364 g/mol. The average Bonchev–Trinajstić information content (AvgIpc) is 2.83. The maximum absolute atomic E-state index is 9.04. The molecule has 0 aromatic heterocycles. The first-order valence-electron chi connectivity index (χ1n) is 10.8. The van der Waals surface area contributed by atoms with Gasteiger partial charge in [0.15, 0.2) is 0 Å². The summed E-state index contributed by atoms with van der Waals surface area (Å²) in [6.07, 6.45) is 5.22. The zero-order valence-corrected chi connectivity index (χ0v) is 17.1. The molecule has 0 fully saturated rings. The highest BCUT2D eigenvalue weighted by atomic mass is 16.3. The largest absolute Gasteiger partial charge is 0.392 e. The number of aliphatic hydroxyl groups is 1. The molecule has 0 saturated carbocycles.